The van der Waals surface area contributed by atoms with Crippen molar-refractivity contribution in [2.24, 2.45) is 11.7 Å². The maximum atomic E-state index is 9.00. The maximum absolute atomic E-state index is 9.00. The van der Waals surface area contributed by atoms with E-state index in [0.717, 1.165) is 0 Å². The number of hydrogen-bond acceptors (Lipinski definition) is 4. The summed E-state index contributed by atoms with van der Waals surface area (Å²) in [5.41, 5.74) is 0. The van der Waals surface area contributed by atoms with Gasteiger partial charge in [-0.05, 0) is 0 Å². The lowest BCUT2D eigenvalue weighted by atomic mass is 10.8. The highest BCUT2D eigenvalue weighted by Gasteiger charge is 1.80. The van der Waals surface area contributed by atoms with Gasteiger partial charge >= 0.3 is 5.97 Å². The first-order valence-corrected chi connectivity index (χ1v) is 1.29. The molecule has 0 saturated carbocycles. The van der Waals surface area contributed by atoms with Crippen LogP contribution in [-0.4, -0.2) is 17.4 Å². The molecule has 5 nitrogen and oxygen atoms in total. The Morgan fingerprint density at radius 3 is 1.71 bits per heavy atom. The zero-order valence-electron chi connectivity index (χ0n) is 3.50. The summed E-state index contributed by atoms with van der Waals surface area (Å²) in [6, 6.07) is 0. The fourth-order valence-electron chi connectivity index (χ4n) is 0. The molecule has 0 aromatic carbocycles. The summed E-state index contributed by atoms with van der Waals surface area (Å²) in [7, 11) is 0. The van der Waals surface area contributed by atoms with E-state index in [4.69, 9.17) is 14.7 Å². The van der Waals surface area contributed by atoms with Gasteiger partial charge in [-0.3, -0.25) is 16.5 Å². The fourth-order valence-corrected chi connectivity index (χ4v) is 0. The van der Waals surface area contributed by atoms with E-state index in [9.17, 15) is 0 Å². The number of hydrogen-bond donors (Lipinski definition) is 3. The van der Waals surface area contributed by atoms with Crippen molar-refractivity contribution in [3.8, 4) is 0 Å². The Morgan fingerprint density at radius 1 is 1.57 bits per heavy atom. The summed E-state index contributed by atoms with van der Waals surface area (Å²) in [4.78, 5) is 17.9. The molecule has 0 aliphatic carbocycles. The summed E-state index contributed by atoms with van der Waals surface area (Å²) < 4.78 is 0. The Labute approximate surface area is 39.9 Å². The van der Waals surface area contributed by atoms with E-state index in [0.29, 0.717) is 0 Å². The number of aldehydes is 1. The van der Waals surface area contributed by atoms with E-state index in [-0.39, 0.29) is 6.29 Å². The molecule has 0 radical (unpaired) electrons. The van der Waals surface area contributed by atoms with Crippen LogP contribution in [0.2, 0.25) is 0 Å². The molecule has 7 heavy (non-hydrogen) atoms. The number of carboxylic acid groups (broad SMARTS) is 1. The average molecular weight is 106 g/mol. The van der Waals surface area contributed by atoms with Crippen LogP contribution in [0.3, 0.4) is 0 Å². The molecule has 0 unspecified atom stereocenters. The fraction of sp³-hybridized carbons (Fsp3) is 0. The topological polar surface area (TPSA) is 106 Å². The van der Waals surface area contributed by atoms with Crippen LogP contribution in [-0.2, 0) is 9.59 Å². The van der Waals surface area contributed by atoms with Crippen molar-refractivity contribution in [2.75, 3.05) is 0 Å². The summed E-state index contributed by atoms with van der Waals surface area (Å²) >= 11 is 0. The first-order valence-electron chi connectivity index (χ1n) is 1.29. The standard InChI is InChI=1S/C2H2O3.H4N2/c3-1-2(4)5;1-2/h1H,(H,4,5);1-2H2. The smallest absolute Gasteiger partial charge is 0.368 e. The van der Waals surface area contributed by atoms with E-state index < -0.39 is 5.97 Å². The van der Waals surface area contributed by atoms with Gasteiger partial charge in [0, 0.05) is 0 Å². The molecule has 0 heterocycles. The summed E-state index contributed by atoms with van der Waals surface area (Å²) in [6.07, 6.45) is -0.167. The molecule has 0 aromatic heterocycles. The number of nitrogens with two attached hydrogens (primary N) is 2. The van der Waals surface area contributed by atoms with Crippen molar-refractivity contribution in [1.82, 2.24) is 0 Å². The third-order valence-corrected chi connectivity index (χ3v) is 0.101. The molecule has 5 heteroatoms. The number of hydrazine groups is 1. The highest BCUT2D eigenvalue weighted by molar-refractivity contribution is 6.19. The minimum absolute atomic E-state index is 0.167. The number of carbonyl (C=O) groups is 2. The van der Waals surface area contributed by atoms with Crippen molar-refractivity contribution in [1.29, 1.82) is 0 Å². The number of carbonyl (C=O) groups excluding carboxylic acids is 1. The van der Waals surface area contributed by atoms with Gasteiger partial charge in [0.15, 0.2) is 0 Å². The number of rotatable bonds is 1. The van der Waals surface area contributed by atoms with Gasteiger partial charge in [0.2, 0.25) is 6.29 Å². The SMILES string of the molecule is NN.O=CC(=O)O. The van der Waals surface area contributed by atoms with Gasteiger partial charge in [0.1, 0.15) is 0 Å². The second kappa shape index (κ2) is 8.91. The molecule has 0 rings (SSSR count). The van der Waals surface area contributed by atoms with E-state index in [1.807, 2.05) is 0 Å². The predicted octanol–water partition coefficient (Wildman–Crippen LogP) is -1.91. The molecule has 0 saturated heterocycles. The van der Waals surface area contributed by atoms with Crippen molar-refractivity contribution in [3.05, 3.63) is 0 Å². The Hall–Kier alpha value is -0.940. The second-order valence-electron chi connectivity index (χ2n) is 0.456. The van der Waals surface area contributed by atoms with Gasteiger partial charge in [-0.1, -0.05) is 0 Å². The van der Waals surface area contributed by atoms with Crippen molar-refractivity contribution < 1.29 is 14.7 Å². The monoisotopic (exact) mass is 106 g/mol. The molecule has 0 aromatic rings. The Kier molecular flexibility index (Phi) is 12.0. The number of carboxylic acids is 1. The lowest BCUT2D eigenvalue weighted by Gasteiger charge is -1.59. The first-order chi connectivity index (χ1) is 3.27. The largest absolute Gasteiger partial charge is 0.476 e. The maximum Gasteiger partial charge on any atom is 0.368 e. The quantitative estimate of drug-likeness (QED) is 0.156. The van der Waals surface area contributed by atoms with Gasteiger partial charge in [-0.25, -0.2) is 4.79 Å². The van der Waals surface area contributed by atoms with E-state index >= 15 is 0 Å². The molecular weight excluding hydrogens is 100 g/mol. The van der Waals surface area contributed by atoms with Gasteiger partial charge in [0.25, 0.3) is 0 Å². The van der Waals surface area contributed by atoms with E-state index in [2.05, 4.69) is 11.7 Å². The van der Waals surface area contributed by atoms with E-state index in [1.165, 1.54) is 0 Å². The third kappa shape index (κ3) is 42.2. The van der Waals surface area contributed by atoms with Gasteiger partial charge in [-0.15, -0.1) is 0 Å². The summed E-state index contributed by atoms with van der Waals surface area (Å²) in [6.45, 7) is 0. The predicted molar refractivity (Wildman–Crippen MR) is 22.1 cm³/mol. The lowest BCUT2D eigenvalue weighted by molar-refractivity contribution is -0.143. The van der Waals surface area contributed by atoms with Crippen molar-refractivity contribution >= 4 is 12.3 Å². The molecule has 0 aliphatic rings. The van der Waals surface area contributed by atoms with Crippen LogP contribution >= 0.6 is 0 Å². The summed E-state index contributed by atoms with van der Waals surface area (Å²) in [5.74, 6) is 6.57. The van der Waals surface area contributed by atoms with Crippen LogP contribution in [0.5, 0.6) is 0 Å². The average Bonchev–Trinajstić information content (AvgIpc) is 1.73. The molecule has 5 N–H and O–H groups in total. The van der Waals surface area contributed by atoms with Crippen LogP contribution in [0.4, 0.5) is 0 Å². The molecule has 0 atom stereocenters. The molecule has 0 aliphatic heterocycles. The third-order valence-electron chi connectivity index (χ3n) is 0.101. The molecule has 42 valence electrons. The van der Waals surface area contributed by atoms with Crippen LogP contribution in [0.1, 0.15) is 0 Å². The summed E-state index contributed by atoms with van der Waals surface area (Å²) in [5, 5.41) is 7.35. The van der Waals surface area contributed by atoms with Gasteiger partial charge in [0.05, 0.1) is 0 Å². The molecule has 0 bridgehead atoms. The van der Waals surface area contributed by atoms with Crippen molar-refractivity contribution in [3.63, 3.8) is 0 Å². The highest BCUT2D eigenvalue weighted by atomic mass is 16.4. The second-order valence-corrected chi connectivity index (χ2v) is 0.456. The zero-order chi connectivity index (χ0) is 6.28. The molecule has 0 amide bonds. The highest BCUT2D eigenvalue weighted by Crippen LogP contribution is 1.39. The van der Waals surface area contributed by atoms with Gasteiger partial charge < -0.3 is 5.11 Å². The molecular formula is C2H6N2O3. The first kappa shape index (κ1) is 9.41. The Bertz CT molecular complexity index is 62.0. The minimum Gasteiger partial charge on any atom is -0.476 e. The van der Waals surface area contributed by atoms with Crippen LogP contribution in [0, 0.1) is 0 Å². The van der Waals surface area contributed by atoms with Crippen LogP contribution < -0.4 is 11.7 Å². The lowest BCUT2D eigenvalue weighted by Crippen LogP contribution is -2.02. The van der Waals surface area contributed by atoms with Crippen molar-refractivity contribution in [2.45, 2.75) is 0 Å². The minimum atomic E-state index is -1.43. The van der Waals surface area contributed by atoms with Crippen LogP contribution in [0.25, 0.3) is 0 Å². The number of aliphatic carboxylic acids is 1. The molecule has 0 fully saturated rings. The van der Waals surface area contributed by atoms with E-state index in [1.54, 1.807) is 0 Å². The Balaban J connectivity index is 0. The van der Waals surface area contributed by atoms with Crippen LogP contribution in [0.15, 0.2) is 0 Å². The zero-order valence-corrected chi connectivity index (χ0v) is 3.50. The molecule has 0 spiro atoms. The van der Waals surface area contributed by atoms with Gasteiger partial charge in [-0.2, -0.15) is 0 Å². The normalized spacial score (nSPS) is 5.43. The Morgan fingerprint density at radius 2 is 1.71 bits per heavy atom.